The van der Waals surface area contributed by atoms with Crippen molar-refractivity contribution in [3.05, 3.63) is 71.8 Å². The van der Waals surface area contributed by atoms with Crippen molar-refractivity contribution in [3.8, 4) is 5.75 Å². The van der Waals surface area contributed by atoms with Crippen molar-refractivity contribution in [2.24, 2.45) is 0 Å². The number of halogens is 1. The third-order valence-corrected chi connectivity index (χ3v) is 5.92. The van der Waals surface area contributed by atoms with Crippen molar-refractivity contribution in [3.63, 3.8) is 0 Å². The lowest BCUT2D eigenvalue weighted by molar-refractivity contribution is 0.0999. The van der Waals surface area contributed by atoms with Gasteiger partial charge in [-0.05, 0) is 52.2 Å². The van der Waals surface area contributed by atoms with Gasteiger partial charge in [-0.3, -0.25) is 4.79 Å². The summed E-state index contributed by atoms with van der Waals surface area (Å²) < 4.78 is 7.50. The lowest BCUT2D eigenvalue weighted by Gasteiger charge is -2.32. The Kier molecular flexibility index (Phi) is 3.91. The highest BCUT2D eigenvalue weighted by Gasteiger charge is 2.36. The van der Waals surface area contributed by atoms with Crippen LogP contribution >= 0.6 is 18.9 Å². The highest BCUT2D eigenvalue weighted by atomic mass is 35.7. The molecule has 1 atom stereocenters. The molecule has 24 heavy (non-hydrogen) atoms. The number of anilines is 1. The van der Waals surface area contributed by atoms with Crippen LogP contribution in [0.1, 0.15) is 22.8 Å². The number of para-hydroxylation sites is 1. The van der Waals surface area contributed by atoms with Gasteiger partial charge in [0, 0.05) is 0 Å². The molecule has 0 bridgehead atoms. The summed E-state index contributed by atoms with van der Waals surface area (Å²) in [5.41, 5.74) is 2.45. The number of amides is 1. The van der Waals surface area contributed by atoms with E-state index in [4.69, 9.17) is 15.8 Å². The first kappa shape index (κ1) is 15.4. The molecular weight excluding hydrogens is 341 g/mol. The fraction of sp³-hybridized carbons (Fsp3) is 0.105. The molecule has 4 rings (SSSR count). The highest BCUT2D eigenvalue weighted by molar-refractivity contribution is 7.82. The molecule has 120 valence electrons. The van der Waals surface area contributed by atoms with E-state index >= 15 is 0 Å². The summed E-state index contributed by atoms with van der Waals surface area (Å²) in [5, 5.41) is 2.05. The maximum Gasteiger partial charge on any atom is 0.304 e. The van der Waals surface area contributed by atoms with Gasteiger partial charge in [-0.2, -0.15) is 0 Å². The number of aryl methyl sites for hydroxylation is 1. The quantitative estimate of drug-likeness (QED) is 0.535. The SMILES string of the molecule is CCc1ccccc1N1C(=O)c2cc3ccccc3cc2OP1Cl. The number of fused-ring (bicyclic) bond motifs is 2. The minimum absolute atomic E-state index is 0.107. The first-order chi connectivity index (χ1) is 11.7. The average molecular weight is 356 g/mol. The van der Waals surface area contributed by atoms with E-state index in [9.17, 15) is 4.79 Å². The molecule has 5 heteroatoms. The fourth-order valence-electron chi connectivity index (χ4n) is 2.98. The molecule has 0 radical (unpaired) electrons. The van der Waals surface area contributed by atoms with Crippen LogP contribution < -0.4 is 9.19 Å². The zero-order valence-corrected chi connectivity index (χ0v) is 14.7. The van der Waals surface area contributed by atoms with Gasteiger partial charge in [-0.25, -0.2) is 4.67 Å². The van der Waals surface area contributed by atoms with Gasteiger partial charge < -0.3 is 4.52 Å². The van der Waals surface area contributed by atoms with E-state index in [1.165, 1.54) is 0 Å². The molecule has 3 aromatic carbocycles. The van der Waals surface area contributed by atoms with Crippen molar-refractivity contribution < 1.29 is 9.32 Å². The predicted octanol–water partition coefficient (Wildman–Crippen LogP) is 5.91. The first-order valence-corrected chi connectivity index (χ1v) is 9.89. The molecule has 3 nitrogen and oxygen atoms in total. The van der Waals surface area contributed by atoms with E-state index in [0.29, 0.717) is 11.3 Å². The van der Waals surface area contributed by atoms with Crippen molar-refractivity contribution in [1.29, 1.82) is 0 Å². The summed E-state index contributed by atoms with van der Waals surface area (Å²) in [5.74, 6) is 0.453. The molecule has 0 saturated carbocycles. The number of nitrogens with zero attached hydrogens (tertiary/aromatic N) is 1. The molecule has 1 heterocycles. The summed E-state index contributed by atoms with van der Waals surface area (Å²) in [6.07, 6.45) is 0.824. The Hall–Kier alpha value is -2.09. The van der Waals surface area contributed by atoms with Gasteiger partial charge in [-0.15, -0.1) is 0 Å². The number of benzene rings is 3. The van der Waals surface area contributed by atoms with Gasteiger partial charge in [0.25, 0.3) is 5.91 Å². The number of hydrogen-bond donors (Lipinski definition) is 0. The van der Waals surface area contributed by atoms with E-state index in [1.807, 2.05) is 60.7 Å². The van der Waals surface area contributed by atoms with Gasteiger partial charge in [0.2, 0.25) is 0 Å². The molecule has 1 aliphatic heterocycles. The second-order valence-corrected chi connectivity index (χ2v) is 7.51. The third kappa shape index (κ3) is 2.45. The predicted molar refractivity (Wildman–Crippen MR) is 100.0 cm³/mol. The first-order valence-electron chi connectivity index (χ1n) is 7.78. The van der Waals surface area contributed by atoms with Crippen LogP contribution in [0, 0.1) is 0 Å². The smallest absolute Gasteiger partial charge is 0.304 e. The van der Waals surface area contributed by atoms with Gasteiger partial charge in [0.05, 0.1) is 11.3 Å². The van der Waals surface area contributed by atoms with Crippen LogP contribution in [-0.4, -0.2) is 5.91 Å². The Morgan fingerprint density at radius 3 is 2.46 bits per heavy atom. The molecule has 0 aromatic heterocycles. The molecule has 0 saturated heterocycles. The molecule has 0 spiro atoms. The summed E-state index contributed by atoms with van der Waals surface area (Å²) >= 11 is 6.47. The summed E-state index contributed by atoms with van der Waals surface area (Å²) in [6, 6.07) is 19.5. The average Bonchev–Trinajstić information content (AvgIpc) is 2.61. The van der Waals surface area contributed by atoms with Crippen molar-refractivity contribution in [2.75, 3.05) is 4.67 Å². The minimum Gasteiger partial charge on any atom is -0.439 e. The Morgan fingerprint density at radius 1 is 1.04 bits per heavy atom. The van der Waals surface area contributed by atoms with E-state index in [0.717, 1.165) is 28.4 Å². The van der Waals surface area contributed by atoms with Crippen molar-refractivity contribution in [1.82, 2.24) is 0 Å². The second-order valence-electron chi connectivity index (χ2n) is 5.61. The van der Waals surface area contributed by atoms with Gasteiger partial charge in [0.15, 0.2) is 0 Å². The summed E-state index contributed by atoms with van der Waals surface area (Å²) in [4.78, 5) is 13.1. The summed E-state index contributed by atoms with van der Waals surface area (Å²) in [6.45, 7) is 2.06. The van der Waals surface area contributed by atoms with E-state index < -0.39 is 7.65 Å². The molecule has 0 fully saturated rings. The van der Waals surface area contributed by atoms with Crippen molar-refractivity contribution >= 4 is 41.3 Å². The lowest BCUT2D eigenvalue weighted by Crippen LogP contribution is -2.30. The number of hydrogen-bond acceptors (Lipinski definition) is 2. The lowest BCUT2D eigenvalue weighted by atomic mass is 10.0. The molecule has 1 aliphatic rings. The zero-order valence-electron chi connectivity index (χ0n) is 13.1. The Bertz CT molecular complexity index is 944. The molecule has 0 N–H and O–H groups in total. The monoisotopic (exact) mass is 355 g/mol. The molecule has 1 unspecified atom stereocenters. The normalized spacial score (nSPS) is 16.8. The third-order valence-electron chi connectivity index (χ3n) is 4.20. The number of carbonyl (C=O) groups excluding carboxylic acids is 1. The largest absolute Gasteiger partial charge is 0.439 e. The topological polar surface area (TPSA) is 29.5 Å². The van der Waals surface area contributed by atoms with Crippen LogP contribution in [0.3, 0.4) is 0 Å². The van der Waals surface area contributed by atoms with Gasteiger partial charge >= 0.3 is 7.65 Å². The van der Waals surface area contributed by atoms with Gasteiger partial charge in [0.1, 0.15) is 5.75 Å². The molecular formula is C19H15ClNO2P. The van der Waals surface area contributed by atoms with Crippen molar-refractivity contribution in [2.45, 2.75) is 13.3 Å². The Labute approximate surface area is 146 Å². The van der Waals surface area contributed by atoms with Crippen LogP contribution in [0.4, 0.5) is 5.69 Å². The summed E-state index contributed by atoms with van der Waals surface area (Å²) in [7, 11) is -1.58. The van der Waals surface area contributed by atoms with E-state index in [1.54, 1.807) is 4.67 Å². The van der Waals surface area contributed by atoms with E-state index in [2.05, 4.69) is 6.92 Å². The fourth-order valence-corrected chi connectivity index (χ4v) is 4.66. The minimum atomic E-state index is -1.58. The Balaban J connectivity index is 1.86. The molecule has 1 amide bonds. The number of rotatable bonds is 2. The highest BCUT2D eigenvalue weighted by Crippen LogP contribution is 2.55. The van der Waals surface area contributed by atoms with Crippen LogP contribution in [-0.2, 0) is 6.42 Å². The number of carbonyl (C=O) groups is 1. The van der Waals surface area contributed by atoms with Crippen LogP contribution in [0.25, 0.3) is 10.8 Å². The molecule has 0 aliphatic carbocycles. The van der Waals surface area contributed by atoms with Crippen LogP contribution in [0.2, 0.25) is 0 Å². The van der Waals surface area contributed by atoms with Gasteiger partial charge in [-0.1, -0.05) is 49.4 Å². The maximum atomic E-state index is 13.1. The van der Waals surface area contributed by atoms with E-state index in [-0.39, 0.29) is 5.91 Å². The second kappa shape index (κ2) is 6.08. The maximum absolute atomic E-state index is 13.1. The molecule has 3 aromatic rings. The standard InChI is InChI=1S/C19H15ClNO2P/c1-2-13-7-5-6-10-17(13)21-19(22)16-11-14-8-3-4-9-15(14)12-18(16)23-24(21)20/h3-12H,2H2,1H3. The Morgan fingerprint density at radius 2 is 1.71 bits per heavy atom. The van der Waals surface area contributed by atoms with Crippen LogP contribution in [0.5, 0.6) is 5.75 Å². The zero-order chi connectivity index (χ0) is 16.7. The van der Waals surface area contributed by atoms with Crippen LogP contribution in [0.15, 0.2) is 60.7 Å².